The number of hydrogen-bond acceptors (Lipinski definition) is 4. The van der Waals surface area contributed by atoms with Gasteiger partial charge in [0.2, 0.25) is 0 Å². The summed E-state index contributed by atoms with van der Waals surface area (Å²) in [5, 5.41) is 0. The number of ketones is 1. The Morgan fingerprint density at radius 2 is 1.65 bits per heavy atom. The number of hydrogen-bond donors (Lipinski definition) is 0. The number of carbonyl (C=O) groups is 1. The van der Waals surface area contributed by atoms with Crippen LogP contribution in [0.3, 0.4) is 0 Å². The molecule has 0 aromatic carbocycles. The van der Waals surface area contributed by atoms with Gasteiger partial charge in [0, 0.05) is 12.0 Å². The summed E-state index contributed by atoms with van der Waals surface area (Å²) in [5.41, 5.74) is 0.756. The number of carbonyl (C=O) groups excluding carboxylic acids is 1. The Bertz CT molecular complexity index is 557. The number of ether oxygens (including phenoxy) is 1. The van der Waals surface area contributed by atoms with Crippen LogP contribution in [-0.2, 0) is 6.42 Å². The van der Waals surface area contributed by atoms with Crippen LogP contribution in [0.25, 0.3) is 0 Å². The van der Waals surface area contributed by atoms with Gasteiger partial charge in [0.1, 0.15) is 0 Å². The molecular weight excluding hydrogens is 292 g/mol. The molecule has 0 bridgehead atoms. The monoisotopic (exact) mass is 322 g/mol. The van der Waals surface area contributed by atoms with E-state index in [4.69, 9.17) is 9.15 Å². The van der Waals surface area contributed by atoms with Crippen LogP contribution in [0.4, 0.5) is 0 Å². The second-order valence-corrected chi connectivity index (χ2v) is 6.00. The van der Waals surface area contributed by atoms with Crippen LogP contribution < -0.4 is 10.2 Å². The van der Waals surface area contributed by atoms with Crippen molar-refractivity contribution in [3.05, 3.63) is 27.1 Å². The van der Waals surface area contributed by atoms with Crippen LogP contribution in [0.1, 0.15) is 86.9 Å². The van der Waals surface area contributed by atoms with E-state index in [9.17, 15) is 9.59 Å². The minimum absolute atomic E-state index is 0.103. The topological polar surface area (TPSA) is 56.5 Å². The Balaban J connectivity index is 2.63. The molecule has 0 spiro atoms. The third kappa shape index (κ3) is 5.52. The first-order valence-electron chi connectivity index (χ1n) is 8.80. The van der Waals surface area contributed by atoms with Crippen molar-refractivity contribution in [2.45, 2.75) is 78.6 Å². The lowest BCUT2D eigenvalue weighted by Gasteiger charge is -2.10. The van der Waals surface area contributed by atoms with E-state index in [1.54, 1.807) is 6.92 Å². The van der Waals surface area contributed by atoms with E-state index in [2.05, 4.69) is 6.92 Å². The van der Waals surface area contributed by atoms with Crippen molar-refractivity contribution < 1.29 is 13.9 Å². The van der Waals surface area contributed by atoms with Crippen LogP contribution in [0.15, 0.2) is 9.21 Å². The van der Waals surface area contributed by atoms with Crippen molar-refractivity contribution in [3.63, 3.8) is 0 Å². The number of rotatable bonds is 11. The molecule has 0 saturated heterocycles. The van der Waals surface area contributed by atoms with Gasteiger partial charge >= 0.3 is 0 Å². The van der Waals surface area contributed by atoms with E-state index >= 15 is 0 Å². The van der Waals surface area contributed by atoms with Crippen LogP contribution >= 0.6 is 0 Å². The first kappa shape index (κ1) is 19.5. The zero-order valence-corrected chi connectivity index (χ0v) is 15.0. The maximum absolute atomic E-state index is 12.3. The number of unbranched alkanes of at least 4 members (excludes halogenated alkanes) is 6. The van der Waals surface area contributed by atoms with E-state index in [0.717, 1.165) is 19.3 Å². The second kappa shape index (κ2) is 10.2. The van der Waals surface area contributed by atoms with Crippen LogP contribution in [-0.4, -0.2) is 12.9 Å². The Kier molecular flexibility index (Phi) is 8.67. The molecule has 23 heavy (non-hydrogen) atoms. The van der Waals surface area contributed by atoms with E-state index in [0.29, 0.717) is 24.0 Å². The maximum atomic E-state index is 12.3. The maximum Gasteiger partial charge on any atom is 0.291 e. The molecule has 1 aromatic rings. The van der Waals surface area contributed by atoms with Gasteiger partial charge in [-0.3, -0.25) is 9.59 Å². The van der Waals surface area contributed by atoms with Crippen molar-refractivity contribution in [2.75, 3.05) is 7.11 Å². The van der Waals surface area contributed by atoms with E-state index in [1.807, 2.05) is 6.92 Å². The summed E-state index contributed by atoms with van der Waals surface area (Å²) in [4.78, 5) is 24.6. The molecule has 0 N–H and O–H groups in total. The van der Waals surface area contributed by atoms with Crippen molar-refractivity contribution in [1.29, 1.82) is 0 Å². The zero-order valence-electron chi connectivity index (χ0n) is 15.0. The van der Waals surface area contributed by atoms with Gasteiger partial charge in [-0.1, -0.05) is 52.4 Å². The SMILES string of the molecule is CCCCCCCCCC(=O)c1oc(OC)c(CC)c(=O)c1C. The van der Waals surface area contributed by atoms with Gasteiger partial charge in [-0.25, -0.2) is 0 Å². The van der Waals surface area contributed by atoms with Crippen molar-refractivity contribution in [2.24, 2.45) is 0 Å². The van der Waals surface area contributed by atoms with Gasteiger partial charge in [0.15, 0.2) is 17.0 Å². The molecule has 1 rings (SSSR count). The highest BCUT2D eigenvalue weighted by Gasteiger charge is 2.20. The molecular formula is C19H30O4. The second-order valence-electron chi connectivity index (χ2n) is 6.00. The molecule has 0 fully saturated rings. The number of Topliss-reactive ketones (excluding diaryl/α,β-unsaturated/α-hetero) is 1. The van der Waals surface area contributed by atoms with Crippen molar-refractivity contribution in [1.82, 2.24) is 0 Å². The van der Waals surface area contributed by atoms with Gasteiger partial charge in [0.05, 0.1) is 12.7 Å². The molecule has 4 heteroatoms. The molecule has 0 atom stereocenters. The standard InChI is InChI=1S/C19H30O4/c1-5-7-8-9-10-11-12-13-16(20)18-14(3)17(21)15(6-2)19(22-4)23-18/h5-13H2,1-4H3. The van der Waals surface area contributed by atoms with Gasteiger partial charge in [-0.15, -0.1) is 0 Å². The first-order valence-corrected chi connectivity index (χ1v) is 8.80. The average Bonchev–Trinajstić information content (AvgIpc) is 2.55. The molecule has 0 unspecified atom stereocenters. The summed E-state index contributed by atoms with van der Waals surface area (Å²) in [6, 6.07) is 0. The lowest BCUT2D eigenvalue weighted by Crippen LogP contribution is -2.18. The molecule has 0 amide bonds. The lowest BCUT2D eigenvalue weighted by atomic mass is 10.0. The predicted octanol–water partition coefficient (Wildman–Crippen LogP) is 4.84. The Hall–Kier alpha value is -1.58. The van der Waals surface area contributed by atoms with Gasteiger partial charge in [-0.05, 0) is 19.8 Å². The predicted molar refractivity (Wildman–Crippen MR) is 92.6 cm³/mol. The first-order chi connectivity index (χ1) is 11.1. The van der Waals surface area contributed by atoms with Crippen molar-refractivity contribution in [3.8, 4) is 5.95 Å². The van der Waals surface area contributed by atoms with Crippen LogP contribution in [0.2, 0.25) is 0 Å². The van der Waals surface area contributed by atoms with Crippen LogP contribution in [0, 0.1) is 6.92 Å². The lowest BCUT2D eigenvalue weighted by molar-refractivity contribution is 0.0940. The van der Waals surface area contributed by atoms with E-state index in [1.165, 1.54) is 32.8 Å². The molecule has 1 aromatic heterocycles. The highest BCUT2D eigenvalue weighted by molar-refractivity contribution is 5.94. The summed E-state index contributed by atoms with van der Waals surface area (Å²) in [7, 11) is 1.46. The minimum atomic E-state index is -0.140. The van der Waals surface area contributed by atoms with Crippen LogP contribution in [0.5, 0.6) is 5.95 Å². The summed E-state index contributed by atoms with van der Waals surface area (Å²) >= 11 is 0. The minimum Gasteiger partial charge on any atom is -0.468 e. The molecule has 130 valence electrons. The largest absolute Gasteiger partial charge is 0.468 e. The molecule has 1 heterocycles. The fourth-order valence-electron chi connectivity index (χ4n) is 2.74. The quantitative estimate of drug-likeness (QED) is 0.432. The molecule has 0 aliphatic carbocycles. The molecule has 4 nitrogen and oxygen atoms in total. The summed E-state index contributed by atoms with van der Waals surface area (Å²) < 4.78 is 10.7. The van der Waals surface area contributed by atoms with E-state index in [-0.39, 0.29) is 22.9 Å². The zero-order chi connectivity index (χ0) is 17.2. The molecule has 0 aliphatic rings. The van der Waals surface area contributed by atoms with Gasteiger partial charge in [0.25, 0.3) is 5.95 Å². The average molecular weight is 322 g/mol. The van der Waals surface area contributed by atoms with Gasteiger partial charge < -0.3 is 9.15 Å². The van der Waals surface area contributed by atoms with E-state index < -0.39 is 0 Å². The normalized spacial score (nSPS) is 10.8. The third-order valence-electron chi connectivity index (χ3n) is 4.20. The summed E-state index contributed by atoms with van der Waals surface area (Å²) in [6.07, 6.45) is 9.02. The molecule has 0 aliphatic heterocycles. The molecule has 0 radical (unpaired) electrons. The highest BCUT2D eigenvalue weighted by Crippen LogP contribution is 2.21. The summed E-state index contributed by atoms with van der Waals surface area (Å²) in [6.45, 7) is 5.73. The van der Waals surface area contributed by atoms with Gasteiger partial charge in [-0.2, -0.15) is 0 Å². The Morgan fingerprint density at radius 3 is 2.22 bits per heavy atom. The Labute approximate surface area is 139 Å². The Morgan fingerprint density at radius 1 is 1.04 bits per heavy atom. The van der Waals surface area contributed by atoms with Crippen molar-refractivity contribution >= 4 is 5.78 Å². The molecule has 0 saturated carbocycles. The fraction of sp³-hybridized carbons (Fsp3) is 0.684. The fourth-order valence-corrected chi connectivity index (χ4v) is 2.74. The smallest absolute Gasteiger partial charge is 0.291 e. The third-order valence-corrected chi connectivity index (χ3v) is 4.20. The highest BCUT2D eigenvalue weighted by atomic mass is 16.6. The summed E-state index contributed by atoms with van der Waals surface area (Å²) in [5.74, 6) is 0.232. The number of methoxy groups -OCH3 is 1.